The van der Waals surface area contributed by atoms with Gasteiger partial charge in [0.15, 0.2) is 6.10 Å². The number of aromatic nitrogens is 1. The number of hydrogen-bond acceptors (Lipinski definition) is 5. The minimum atomic E-state index is -1.11. The Labute approximate surface area is 258 Å². The van der Waals surface area contributed by atoms with Crippen LogP contribution < -0.4 is 4.90 Å². The number of aliphatic carboxylic acids is 1. The number of hydrogen-bond donors (Lipinski definition) is 1. The fourth-order valence-electron chi connectivity index (χ4n) is 6.73. The van der Waals surface area contributed by atoms with E-state index in [2.05, 4.69) is 80.0 Å². The van der Waals surface area contributed by atoms with Gasteiger partial charge in [-0.1, -0.05) is 61.9 Å². The van der Waals surface area contributed by atoms with Crippen LogP contribution in [0.25, 0.3) is 11.1 Å². The van der Waals surface area contributed by atoms with Crippen LogP contribution in [0.2, 0.25) is 0 Å². The van der Waals surface area contributed by atoms with Crippen molar-refractivity contribution in [2.24, 2.45) is 5.41 Å². The van der Waals surface area contributed by atoms with Gasteiger partial charge >= 0.3 is 5.97 Å². The van der Waals surface area contributed by atoms with Crippen molar-refractivity contribution in [3.8, 4) is 11.1 Å². The molecule has 2 aliphatic rings. The van der Waals surface area contributed by atoms with E-state index in [4.69, 9.17) is 9.72 Å². The molecule has 1 unspecified atom stereocenters. The molecule has 1 aromatic heterocycles. The highest BCUT2D eigenvalue weighted by atomic mass is 16.5. The van der Waals surface area contributed by atoms with Crippen LogP contribution >= 0.6 is 0 Å². The second-order valence-electron chi connectivity index (χ2n) is 14.5. The van der Waals surface area contributed by atoms with Crippen LogP contribution in [0.1, 0.15) is 92.8 Å². The third kappa shape index (κ3) is 7.13. The zero-order valence-electron chi connectivity index (χ0n) is 27.4. The van der Waals surface area contributed by atoms with E-state index in [1.165, 1.54) is 22.3 Å². The Hall–Kier alpha value is -3.22. The molecular formula is C37H49N3O3. The van der Waals surface area contributed by atoms with E-state index < -0.39 is 17.7 Å². The number of carboxylic acids is 1. The zero-order valence-corrected chi connectivity index (χ0v) is 27.4. The van der Waals surface area contributed by atoms with Gasteiger partial charge in [0, 0.05) is 55.2 Å². The lowest BCUT2D eigenvalue weighted by Crippen LogP contribution is -2.39. The maximum Gasteiger partial charge on any atom is 0.337 e. The summed E-state index contributed by atoms with van der Waals surface area (Å²) in [4.78, 5) is 22.7. The number of pyridine rings is 1. The molecule has 2 aromatic carbocycles. The SMILES string of the molecule is Cc1cccc(CN2CCc3cc(-c4c(C)nc(C)c(C(OC(C)(C)C)C(=O)O)c4N4CCC(C)(C)CC4)ccc3C2)c1. The van der Waals surface area contributed by atoms with Crippen molar-refractivity contribution in [2.45, 2.75) is 99.4 Å². The molecule has 1 atom stereocenters. The van der Waals surface area contributed by atoms with Crippen LogP contribution in [0.3, 0.4) is 0 Å². The van der Waals surface area contributed by atoms with Crippen molar-refractivity contribution in [2.75, 3.05) is 24.5 Å². The normalized spacial score (nSPS) is 17.9. The highest BCUT2D eigenvalue weighted by Gasteiger charge is 2.36. The third-order valence-electron chi connectivity index (χ3n) is 9.04. The number of anilines is 1. The summed E-state index contributed by atoms with van der Waals surface area (Å²) in [6, 6.07) is 15.6. The quantitative estimate of drug-likeness (QED) is 0.306. The Morgan fingerprint density at radius 1 is 1.00 bits per heavy atom. The van der Waals surface area contributed by atoms with Crippen LogP contribution in [0, 0.1) is 26.2 Å². The number of aryl methyl sites for hydroxylation is 3. The molecule has 3 aromatic rings. The maximum atomic E-state index is 12.8. The Balaban J connectivity index is 1.57. The van der Waals surface area contributed by atoms with Gasteiger partial charge in [0.25, 0.3) is 0 Å². The van der Waals surface area contributed by atoms with Gasteiger partial charge < -0.3 is 14.7 Å². The lowest BCUT2D eigenvalue weighted by molar-refractivity contribution is -0.160. The highest BCUT2D eigenvalue weighted by Crippen LogP contribution is 2.45. The molecule has 0 saturated carbocycles. The standard InChI is InChI=1S/C37H49N3O3/c1-24-10-9-11-27(20-24)22-39-17-14-28-21-29(12-13-30(28)23-39)31-25(2)38-26(3)32(34(35(41)42)43-36(4,5)6)33(31)40-18-15-37(7,8)16-19-40/h9-13,20-21,34H,14-19,22-23H2,1-8H3,(H,41,42). The van der Waals surface area contributed by atoms with E-state index in [0.29, 0.717) is 5.56 Å². The van der Waals surface area contributed by atoms with Crippen molar-refractivity contribution in [3.63, 3.8) is 0 Å². The first-order valence-electron chi connectivity index (χ1n) is 15.8. The van der Waals surface area contributed by atoms with E-state index in [-0.39, 0.29) is 5.41 Å². The van der Waals surface area contributed by atoms with Gasteiger partial charge in [0.05, 0.1) is 11.3 Å². The Kier molecular flexibility index (Phi) is 8.75. The van der Waals surface area contributed by atoms with Gasteiger partial charge in [-0.3, -0.25) is 9.88 Å². The van der Waals surface area contributed by atoms with Gasteiger partial charge in [-0.25, -0.2) is 4.79 Å². The largest absolute Gasteiger partial charge is 0.479 e. The molecule has 5 rings (SSSR count). The molecule has 230 valence electrons. The van der Waals surface area contributed by atoms with Gasteiger partial charge in [0.2, 0.25) is 0 Å². The second kappa shape index (κ2) is 12.0. The van der Waals surface area contributed by atoms with E-state index >= 15 is 0 Å². The fraction of sp³-hybridized carbons (Fsp3) is 0.514. The summed E-state index contributed by atoms with van der Waals surface area (Å²) in [5.74, 6) is -0.979. The van der Waals surface area contributed by atoms with Crippen LogP contribution in [-0.4, -0.2) is 46.2 Å². The molecule has 2 aliphatic heterocycles. The minimum absolute atomic E-state index is 0.262. The number of piperidine rings is 1. The average molecular weight is 584 g/mol. The van der Waals surface area contributed by atoms with Gasteiger partial charge in [-0.05, 0) is 88.5 Å². The van der Waals surface area contributed by atoms with E-state index in [9.17, 15) is 9.90 Å². The maximum absolute atomic E-state index is 12.8. The first-order valence-corrected chi connectivity index (χ1v) is 15.8. The monoisotopic (exact) mass is 583 g/mol. The molecule has 43 heavy (non-hydrogen) atoms. The Morgan fingerprint density at radius 2 is 1.72 bits per heavy atom. The minimum Gasteiger partial charge on any atom is -0.479 e. The number of nitrogens with zero attached hydrogens (tertiary/aromatic N) is 3. The topological polar surface area (TPSA) is 65.9 Å². The molecule has 6 nitrogen and oxygen atoms in total. The lowest BCUT2D eigenvalue weighted by atomic mass is 9.81. The summed E-state index contributed by atoms with van der Waals surface area (Å²) in [6.45, 7) is 21.2. The summed E-state index contributed by atoms with van der Waals surface area (Å²) >= 11 is 0. The Bertz CT molecular complexity index is 1490. The lowest BCUT2D eigenvalue weighted by Gasteiger charge is -2.41. The van der Waals surface area contributed by atoms with E-state index in [1.807, 2.05) is 27.7 Å². The smallest absolute Gasteiger partial charge is 0.337 e. The molecule has 1 saturated heterocycles. The molecule has 1 N–H and O–H groups in total. The Morgan fingerprint density at radius 3 is 2.37 bits per heavy atom. The molecule has 0 radical (unpaired) electrons. The van der Waals surface area contributed by atoms with Crippen molar-refractivity contribution >= 4 is 11.7 Å². The van der Waals surface area contributed by atoms with Crippen LogP contribution in [0.15, 0.2) is 42.5 Å². The van der Waals surface area contributed by atoms with E-state index in [0.717, 1.165) is 80.2 Å². The summed E-state index contributed by atoms with van der Waals surface area (Å²) in [7, 11) is 0. The first-order chi connectivity index (χ1) is 20.2. The number of carboxylic acid groups (broad SMARTS) is 1. The molecule has 6 heteroatoms. The molecule has 0 aliphatic carbocycles. The van der Waals surface area contributed by atoms with Gasteiger partial charge in [-0.2, -0.15) is 0 Å². The van der Waals surface area contributed by atoms with E-state index in [1.54, 1.807) is 0 Å². The summed E-state index contributed by atoms with van der Waals surface area (Å²) < 4.78 is 6.26. The molecule has 0 spiro atoms. The highest BCUT2D eigenvalue weighted by molar-refractivity contribution is 5.88. The third-order valence-corrected chi connectivity index (χ3v) is 9.04. The number of rotatable bonds is 7. The second-order valence-corrected chi connectivity index (χ2v) is 14.5. The average Bonchev–Trinajstić information content (AvgIpc) is 2.91. The summed E-state index contributed by atoms with van der Waals surface area (Å²) in [6.07, 6.45) is 1.97. The van der Waals surface area contributed by atoms with Crippen LogP contribution in [-0.2, 0) is 29.0 Å². The van der Waals surface area contributed by atoms with Crippen molar-refractivity contribution in [3.05, 3.63) is 81.7 Å². The summed E-state index contributed by atoms with van der Waals surface area (Å²) in [5, 5.41) is 10.5. The van der Waals surface area contributed by atoms with Crippen molar-refractivity contribution in [1.29, 1.82) is 0 Å². The molecular weight excluding hydrogens is 534 g/mol. The first kappa shape index (κ1) is 31.2. The van der Waals surface area contributed by atoms with Gasteiger partial charge in [-0.15, -0.1) is 0 Å². The number of carbonyl (C=O) groups is 1. The number of benzene rings is 2. The predicted molar refractivity (Wildman–Crippen MR) is 175 cm³/mol. The molecule has 1 fully saturated rings. The van der Waals surface area contributed by atoms with Crippen molar-refractivity contribution < 1.29 is 14.6 Å². The van der Waals surface area contributed by atoms with Gasteiger partial charge in [0.1, 0.15) is 0 Å². The summed E-state index contributed by atoms with van der Waals surface area (Å²) in [5.41, 5.74) is 10.5. The van der Waals surface area contributed by atoms with Crippen LogP contribution in [0.5, 0.6) is 0 Å². The number of fused-ring (bicyclic) bond motifs is 1. The van der Waals surface area contributed by atoms with Crippen molar-refractivity contribution in [1.82, 2.24) is 9.88 Å². The molecule has 0 amide bonds. The number of ether oxygens (including phenoxy) is 1. The molecule has 3 heterocycles. The fourth-order valence-corrected chi connectivity index (χ4v) is 6.73. The van der Waals surface area contributed by atoms with Crippen LogP contribution in [0.4, 0.5) is 5.69 Å². The zero-order chi connectivity index (χ0) is 31.1. The predicted octanol–water partition coefficient (Wildman–Crippen LogP) is 7.80. The molecule has 0 bridgehead atoms.